The van der Waals surface area contributed by atoms with E-state index in [1.807, 2.05) is 20.8 Å². The van der Waals surface area contributed by atoms with E-state index in [0.717, 1.165) is 12.8 Å². The fourth-order valence-corrected chi connectivity index (χ4v) is 11.7. The number of hydrogen-bond donors (Lipinski definition) is 5. The third-order valence-corrected chi connectivity index (χ3v) is 13.8. The zero-order valence-electron chi connectivity index (χ0n) is 29.2. The van der Waals surface area contributed by atoms with Crippen molar-refractivity contribution in [1.82, 2.24) is 0 Å². The maximum Gasteiger partial charge on any atom is 1.00 e. The van der Waals surface area contributed by atoms with E-state index >= 15 is 0 Å². The second-order valence-electron chi connectivity index (χ2n) is 16.2. The summed E-state index contributed by atoms with van der Waals surface area (Å²) in [5, 5.41) is 55.3. The van der Waals surface area contributed by atoms with Crippen LogP contribution in [0.1, 0.15) is 92.4 Å². The van der Waals surface area contributed by atoms with Gasteiger partial charge in [-0.15, -0.1) is 0 Å². The maximum absolute atomic E-state index is 12.7. The molecule has 0 radical (unpaired) electrons. The summed E-state index contributed by atoms with van der Waals surface area (Å²) in [5.41, 5.74) is -2.44. The van der Waals surface area contributed by atoms with E-state index in [4.69, 9.17) is 18.4 Å². The molecule has 1 saturated heterocycles. The molecule has 5 N–H and O–H groups in total. The van der Waals surface area contributed by atoms with Gasteiger partial charge >= 0.3 is 29.6 Å². The molecule has 1 heterocycles. The molecule has 7 unspecified atom stereocenters. The summed E-state index contributed by atoms with van der Waals surface area (Å²) in [6, 6.07) is 0. The molecule has 0 aromatic heterocycles. The van der Waals surface area contributed by atoms with E-state index in [9.17, 15) is 38.5 Å². The van der Waals surface area contributed by atoms with Crippen molar-refractivity contribution in [3.8, 4) is 0 Å². The molecule has 0 bridgehead atoms. The molecule has 268 valence electrons. The van der Waals surface area contributed by atoms with Gasteiger partial charge in [-0.1, -0.05) is 34.6 Å². The van der Waals surface area contributed by atoms with Gasteiger partial charge in [0.1, 0.15) is 18.3 Å². The first-order chi connectivity index (χ1) is 21.4. The minimum Gasteiger partial charge on any atom is -0.726 e. The minimum atomic E-state index is -5.06. The van der Waals surface area contributed by atoms with Crippen molar-refractivity contribution in [2.24, 2.45) is 46.3 Å². The molecule has 47 heavy (non-hydrogen) atoms. The van der Waals surface area contributed by atoms with Crippen LogP contribution in [0, 0.1) is 46.3 Å². The smallest absolute Gasteiger partial charge is 0.726 e. The van der Waals surface area contributed by atoms with Gasteiger partial charge in [-0.25, -0.2) is 8.42 Å². The molecule has 4 saturated carbocycles. The van der Waals surface area contributed by atoms with Gasteiger partial charge in [-0.05, 0) is 91.8 Å². The molecule has 0 aromatic carbocycles. The first-order valence-electron chi connectivity index (χ1n) is 17.2. The Morgan fingerprint density at radius 3 is 2.26 bits per heavy atom. The van der Waals surface area contributed by atoms with Gasteiger partial charge in [-0.3, -0.25) is 4.18 Å². The Hall–Kier alpha value is 0.550. The number of hydrogen-bond acceptors (Lipinski definition) is 12. The van der Waals surface area contributed by atoms with E-state index in [1.165, 1.54) is 7.11 Å². The largest absolute Gasteiger partial charge is 1.00 e. The summed E-state index contributed by atoms with van der Waals surface area (Å²) in [5.74, 6) is -0.834. The first kappa shape index (κ1) is 40.3. The fraction of sp³-hybridized carbons (Fsp3) is 1.00. The predicted octanol–water partition coefficient (Wildman–Crippen LogP) is -0.898. The molecule has 5 rings (SSSR count). The Morgan fingerprint density at radius 1 is 1.02 bits per heavy atom. The zero-order valence-corrected chi connectivity index (χ0v) is 32.0. The van der Waals surface area contributed by atoms with E-state index in [-0.39, 0.29) is 72.4 Å². The molecule has 5 fully saturated rings. The molecule has 0 spiro atoms. The third-order valence-electron chi connectivity index (χ3n) is 13.3. The average Bonchev–Trinajstić information content (AvgIpc) is 3.42. The maximum atomic E-state index is 12.7. The van der Waals surface area contributed by atoms with Crippen LogP contribution in [0.25, 0.3) is 0 Å². The third kappa shape index (κ3) is 7.42. The van der Waals surface area contributed by atoms with E-state index in [1.54, 1.807) is 0 Å². The van der Waals surface area contributed by atoms with Crippen molar-refractivity contribution < 1.29 is 86.5 Å². The number of rotatable bonds is 11. The summed E-state index contributed by atoms with van der Waals surface area (Å²) in [4.78, 5) is 0. The summed E-state index contributed by atoms with van der Waals surface area (Å²) in [7, 11) is -3.60. The molecule has 4 aliphatic carbocycles. The van der Waals surface area contributed by atoms with Crippen LogP contribution < -0.4 is 29.6 Å². The van der Waals surface area contributed by atoms with Gasteiger partial charge in [0.25, 0.3) is 0 Å². The molecule has 5 aliphatic rings. The second kappa shape index (κ2) is 14.9. The van der Waals surface area contributed by atoms with Crippen molar-refractivity contribution in [1.29, 1.82) is 0 Å². The Labute approximate surface area is 302 Å². The van der Waals surface area contributed by atoms with Crippen LogP contribution >= 0.6 is 0 Å². The van der Waals surface area contributed by atoms with Crippen LogP contribution in [0.5, 0.6) is 0 Å². The van der Waals surface area contributed by atoms with Crippen molar-refractivity contribution >= 4 is 10.4 Å². The summed E-state index contributed by atoms with van der Waals surface area (Å²) >= 11 is 0. The van der Waals surface area contributed by atoms with E-state index in [2.05, 4.69) is 13.8 Å². The van der Waals surface area contributed by atoms with Gasteiger partial charge in [0, 0.05) is 19.4 Å². The van der Waals surface area contributed by atoms with Gasteiger partial charge < -0.3 is 44.3 Å². The molecule has 0 aromatic rings. The van der Waals surface area contributed by atoms with Crippen LogP contribution in [0.4, 0.5) is 0 Å². The Balaban J connectivity index is 0.00000500. The van der Waals surface area contributed by atoms with Crippen molar-refractivity contribution in [3.63, 3.8) is 0 Å². The number of aliphatic hydroxyl groups excluding tert-OH is 4. The van der Waals surface area contributed by atoms with Gasteiger partial charge in [0.2, 0.25) is 10.4 Å². The van der Waals surface area contributed by atoms with Crippen LogP contribution in [0.2, 0.25) is 0 Å². The SMILES string of the molecule is COC1C(CO)OC(O[C@@H](CC[C@@H](C)[C@H]2C[C@H](O)C3[C@]4(O)C[C@H](OS(=O)(=O)[O-])C5C[C@@H](O)CC[C@]5(C)C4CC[C@@]32C)C(C)C)C1O.[Na+]. The number of ether oxygens (including phenoxy) is 3. The second-order valence-corrected chi connectivity index (χ2v) is 17.2. The number of aliphatic hydroxyl groups is 5. The van der Waals surface area contributed by atoms with Crippen LogP contribution in [-0.2, 0) is 28.8 Å². The first-order valence-corrected chi connectivity index (χ1v) is 18.6. The van der Waals surface area contributed by atoms with E-state index < -0.39 is 81.6 Å². The fourth-order valence-electron chi connectivity index (χ4n) is 11.2. The van der Waals surface area contributed by atoms with Gasteiger partial charge in [0.15, 0.2) is 6.29 Å². The van der Waals surface area contributed by atoms with Crippen LogP contribution in [-0.4, -0.2) is 107 Å². The molecular formula is C33H57NaO12S. The average molecular weight is 701 g/mol. The van der Waals surface area contributed by atoms with Crippen LogP contribution in [0.15, 0.2) is 0 Å². The van der Waals surface area contributed by atoms with Crippen molar-refractivity contribution in [3.05, 3.63) is 0 Å². The molecule has 0 amide bonds. The van der Waals surface area contributed by atoms with Crippen LogP contribution in [0.3, 0.4) is 0 Å². The summed E-state index contributed by atoms with van der Waals surface area (Å²) in [6.45, 7) is 10.1. The van der Waals surface area contributed by atoms with Crippen molar-refractivity contribution in [2.45, 2.75) is 147 Å². The minimum absolute atomic E-state index is 0. The summed E-state index contributed by atoms with van der Waals surface area (Å²) in [6.07, 6.45) is -1.32. The Bertz CT molecular complexity index is 1180. The molecule has 12 nitrogen and oxygen atoms in total. The van der Waals surface area contributed by atoms with E-state index in [0.29, 0.717) is 38.5 Å². The topological polar surface area (TPSA) is 195 Å². The standard InChI is InChI=1S/C33H58O12S.Na/c1-17(2)23(43-30-27(37)28(42-6)25(16-34)44-30)8-7-18(3)20-14-22(36)29-32(20,5)12-10-26-31(4)11-9-19(35)13-21(31)24(15-33(26,29)38)45-46(39,40)41;/h17-30,34-38H,7-16H2,1-6H3,(H,39,40,41);/q;+1/p-1/t18-,19+,20-,21?,22+,23+,24+,25?,26?,27?,28?,29?,30?,31+,32-,33+;/m1./s1. The molecule has 14 heteroatoms. The monoisotopic (exact) mass is 700 g/mol. The Kier molecular flexibility index (Phi) is 12.8. The number of methoxy groups -OCH3 is 1. The predicted molar refractivity (Wildman–Crippen MR) is 165 cm³/mol. The molecule has 16 atom stereocenters. The van der Waals surface area contributed by atoms with Crippen molar-refractivity contribution in [2.75, 3.05) is 13.7 Å². The normalized spacial score (nSPS) is 47.9. The molecular weight excluding hydrogens is 643 g/mol. The molecule has 1 aliphatic heterocycles. The number of fused-ring (bicyclic) bond motifs is 5. The van der Waals surface area contributed by atoms with Gasteiger partial charge in [0.05, 0.1) is 36.6 Å². The quantitative estimate of drug-likeness (QED) is 0.101. The Morgan fingerprint density at radius 2 is 1.68 bits per heavy atom. The zero-order chi connectivity index (χ0) is 34.0. The summed E-state index contributed by atoms with van der Waals surface area (Å²) < 4.78 is 58.1. The van der Waals surface area contributed by atoms with Gasteiger partial charge in [-0.2, -0.15) is 0 Å².